The lowest BCUT2D eigenvalue weighted by Gasteiger charge is -2.38. The highest BCUT2D eigenvalue weighted by atomic mass is 35.5. The Balaban J connectivity index is 1.34. The first-order chi connectivity index (χ1) is 14.8. The van der Waals surface area contributed by atoms with E-state index in [4.69, 9.17) is 11.6 Å². The average molecular weight is 454 g/mol. The van der Waals surface area contributed by atoms with Crippen LogP contribution in [-0.4, -0.2) is 77.1 Å². The molecule has 2 atom stereocenters. The Kier molecular flexibility index (Phi) is 6.52. The number of benzene rings is 2. The molecule has 166 valence electrons. The van der Waals surface area contributed by atoms with Gasteiger partial charge in [0.1, 0.15) is 0 Å². The lowest BCUT2D eigenvalue weighted by atomic mass is 10.1. The first kappa shape index (κ1) is 22.1. The summed E-state index contributed by atoms with van der Waals surface area (Å²) in [6.45, 7) is 4.22. The molecule has 0 aliphatic carbocycles. The molecular formula is C22H23ClF3N3O2. The summed E-state index contributed by atoms with van der Waals surface area (Å²) in [5.41, 5.74) is 0.909. The van der Waals surface area contributed by atoms with Crippen LogP contribution in [0, 0.1) is 17.5 Å². The van der Waals surface area contributed by atoms with E-state index in [-0.39, 0.29) is 24.7 Å². The molecule has 2 fully saturated rings. The van der Waals surface area contributed by atoms with E-state index in [0.717, 1.165) is 32.7 Å². The third-order valence-electron chi connectivity index (χ3n) is 5.97. The van der Waals surface area contributed by atoms with Crippen molar-refractivity contribution >= 4 is 17.5 Å². The number of hydrogen-bond acceptors (Lipinski definition) is 4. The van der Waals surface area contributed by atoms with Gasteiger partial charge in [0, 0.05) is 56.4 Å². The number of aliphatic hydroxyl groups excluding tert-OH is 1. The van der Waals surface area contributed by atoms with Crippen molar-refractivity contribution in [1.29, 1.82) is 0 Å². The van der Waals surface area contributed by atoms with Gasteiger partial charge < -0.3 is 10.0 Å². The molecule has 2 saturated heterocycles. The highest BCUT2D eigenvalue weighted by molar-refractivity contribution is 6.30. The van der Waals surface area contributed by atoms with Gasteiger partial charge in [-0.3, -0.25) is 14.6 Å². The van der Waals surface area contributed by atoms with Gasteiger partial charge in [0.15, 0.2) is 17.5 Å². The van der Waals surface area contributed by atoms with E-state index in [9.17, 15) is 23.1 Å². The molecule has 2 heterocycles. The number of carbonyl (C=O) groups excluding carboxylic acids is 1. The molecular weight excluding hydrogens is 431 g/mol. The van der Waals surface area contributed by atoms with Gasteiger partial charge >= 0.3 is 0 Å². The van der Waals surface area contributed by atoms with E-state index in [1.807, 2.05) is 24.3 Å². The number of carbonyl (C=O) groups is 1. The van der Waals surface area contributed by atoms with E-state index in [1.54, 1.807) is 0 Å². The molecule has 31 heavy (non-hydrogen) atoms. The quantitative estimate of drug-likeness (QED) is 0.723. The molecule has 2 aromatic rings. The Morgan fingerprint density at radius 3 is 2.23 bits per heavy atom. The topological polar surface area (TPSA) is 47.0 Å². The minimum atomic E-state index is -1.60. The number of piperazine rings is 1. The van der Waals surface area contributed by atoms with E-state index < -0.39 is 29.5 Å². The van der Waals surface area contributed by atoms with Gasteiger partial charge in [0.25, 0.3) is 5.91 Å². The second kappa shape index (κ2) is 9.16. The molecule has 0 aromatic heterocycles. The van der Waals surface area contributed by atoms with Crippen LogP contribution in [0.3, 0.4) is 0 Å². The Labute approximate surface area is 183 Å². The van der Waals surface area contributed by atoms with E-state index in [0.29, 0.717) is 17.2 Å². The maximum absolute atomic E-state index is 13.5. The van der Waals surface area contributed by atoms with Gasteiger partial charge in [-0.2, -0.15) is 0 Å². The highest BCUT2D eigenvalue weighted by Crippen LogP contribution is 2.22. The second-order valence-corrected chi connectivity index (χ2v) is 8.47. The Hall–Kier alpha value is -2.13. The van der Waals surface area contributed by atoms with Gasteiger partial charge in [0.05, 0.1) is 12.1 Å². The number of aliphatic hydroxyl groups is 1. The van der Waals surface area contributed by atoms with Crippen LogP contribution >= 0.6 is 11.6 Å². The average Bonchev–Trinajstić information content (AvgIpc) is 3.15. The summed E-state index contributed by atoms with van der Waals surface area (Å²) in [6.07, 6.45) is -0.762. The zero-order chi connectivity index (χ0) is 22.1. The fourth-order valence-corrected chi connectivity index (χ4v) is 4.38. The van der Waals surface area contributed by atoms with Crippen molar-refractivity contribution in [3.05, 3.63) is 70.0 Å². The molecule has 1 N–H and O–H groups in total. The molecule has 5 nitrogen and oxygen atoms in total. The van der Waals surface area contributed by atoms with Crippen LogP contribution in [-0.2, 0) is 6.54 Å². The summed E-state index contributed by atoms with van der Waals surface area (Å²) in [7, 11) is 0. The zero-order valence-electron chi connectivity index (χ0n) is 16.8. The molecule has 4 rings (SSSR count). The van der Waals surface area contributed by atoms with Crippen LogP contribution in [0.2, 0.25) is 5.02 Å². The summed E-state index contributed by atoms with van der Waals surface area (Å²) in [4.78, 5) is 18.5. The van der Waals surface area contributed by atoms with Crippen molar-refractivity contribution in [2.24, 2.45) is 0 Å². The van der Waals surface area contributed by atoms with E-state index in [1.165, 1.54) is 10.5 Å². The van der Waals surface area contributed by atoms with Crippen molar-refractivity contribution in [3.63, 3.8) is 0 Å². The monoisotopic (exact) mass is 453 g/mol. The minimum Gasteiger partial charge on any atom is -0.390 e. The number of β-amino-alcohol motifs (C(OH)–C–C–N with tert-alkyl or cyclic N) is 1. The molecule has 2 aliphatic rings. The van der Waals surface area contributed by atoms with Crippen molar-refractivity contribution < 1.29 is 23.1 Å². The van der Waals surface area contributed by atoms with Crippen LogP contribution in [0.1, 0.15) is 15.9 Å². The molecule has 0 bridgehead atoms. The lowest BCUT2D eigenvalue weighted by molar-refractivity contribution is 0.0423. The number of nitrogens with zero attached hydrogens (tertiary/aromatic N) is 3. The molecule has 0 radical (unpaired) electrons. The largest absolute Gasteiger partial charge is 0.390 e. The Bertz CT molecular complexity index is 929. The fourth-order valence-electron chi connectivity index (χ4n) is 4.26. The van der Waals surface area contributed by atoms with Crippen molar-refractivity contribution in [2.45, 2.75) is 18.7 Å². The number of hydrogen-bond donors (Lipinski definition) is 1. The molecule has 1 amide bonds. The summed E-state index contributed by atoms with van der Waals surface area (Å²) < 4.78 is 40.2. The maximum atomic E-state index is 13.5. The van der Waals surface area contributed by atoms with Crippen LogP contribution in [0.5, 0.6) is 0 Å². The third-order valence-corrected chi connectivity index (χ3v) is 6.22. The number of likely N-dealkylation sites (tertiary alicyclic amines) is 1. The maximum Gasteiger partial charge on any atom is 0.254 e. The molecule has 0 saturated carbocycles. The normalized spacial score (nSPS) is 22.8. The highest BCUT2D eigenvalue weighted by Gasteiger charge is 2.39. The van der Waals surface area contributed by atoms with Crippen LogP contribution in [0.15, 0.2) is 36.4 Å². The second-order valence-electron chi connectivity index (χ2n) is 8.04. The molecule has 2 aromatic carbocycles. The first-order valence-corrected chi connectivity index (χ1v) is 10.5. The standard InChI is InChI=1S/C22H23ClF3N3O2/c23-16-3-1-14(2-4-16)11-27-5-7-28(8-6-27)19-12-29(13-20(19)30)22(31)15-9-17(24)21(26)18(25)10-15/h1-4,9-10,19-20,30H,5-8,11-13H2/t19-,20-/m1/s1. The summed E-state index contributed by atoms with van der Waals surface area (Å²) in [5, 5.41) is 11.2. The van der Waals surface area contributed by atoms with E-state index in [2.05, 4.69) is 9.80 Å². The minimum absolute atomic E-state index is 0.0646. The fraction of sp³-hybridized carbons (Fsp3) is 0.409. The van der Waals surface area contributed by atoms with Crippen LogP contribution in [0.25, 0.3) is 0 Å². The van der Waals surface area contributed by atoms with Crippen LogP contribution in [0.4, 0.5) is 13.2 Å². The SMILES string of the molecule is O=C(c1cc(F)c(F)c(F)c1)N1C[C@@H](O)[C@H](N2CCN(Cc3ccc(Cl)cc3)CC2)C1. The number of amides is 1. The summed E-state index contributed by atoms with van der Waals surface area (Å²) in [5.74, 6) is -5.04. The van der Waals surface area contributed by atoms with Crippen molar-refractivity contribution in [3.8, 4) is 0 Å². The van der Waals surface area contributed by atoms with Gasteiger partial charge in [-0.25, -0.2) is 13.2 Å². The van der Waals surface area contributed by atoms with Crippen molar-refractivity contribution in [2.75, 3.05) is 39.3 Å². The van der Waals surface area contributed by atoms with E-state index >= 15 is 0 Å². The molecule has 2 aliphatic heterocycles. The summed E-state index contributed by atoms with van der Waals surface area (Å²) in [6, 6.07) is 8.86. The zero-order valence-corrected chi connectivity index (χ0v) is 17.5. The first-order valence-electron chi connectivity index (χ1n) is 10.1. The predicted molar refractivity (Wildman–Crippen MR) is 110 cm³/mol. The number of rotatable bonds is 4. The van der Waals surface area contributed by atoms with Gasteiger partial charge in [-0.1, -0.05) is 23.7 Å². The van der Waals surface area contributed by atoms with Gasteiger partial charge in [0.2, 0.25) is 0 Å². The molecule has 0 unspecified atom stereocenters. The van der Waals surface area contributed by atoms with Gasteiger partial charge in [-0.15, -0.1) is 0 Å². The molecule has 0 spiro atoms. The third kappa shape index (κ3) is 4.87. The summed E-state index contributed by atoms with van der Waals surface area (Å²) >= 11 is 5.93. The van der Waals surface area contributed by atoms with Crippen LogP contribution < -0.4 is 0 Å². The Morgan fingerprint density at radius 2 is 1.61 bits per heavy atom. The smallest absolute Gasteiger partial charge is 0.254 e. The van der Waals surface area contributed by atoms with Crippen molar-refractivity contribution in [1.82, 2.24) is 14.7 Å². The predicted octanol–water partition coefficient (Wildman–Crippen LogP) is 2.76. The molecule has 9 heteroatoms. The van der Waals surface area contributed by atoms with Gasteiger partial charge in [-0.05, 0) is 29.8 Å². The lowest BCUT2D eigenvalue weighted by Crippen LogP contribution is -2.53. The Morgan fingerprint density at radius 1 is 1.00 bits per heavy atom. The number of halogens is 4.